The first-order chi connectivity index (χ1) is 9.54. The summed E-state index contributed by atoms with van der Waals surface area (Å²) < 4.78 is 10.1. The van der Waals surface area contributed by atoms with E-state index in [-0.39, 0.29) is 6.61 Å². The van der Waals surface area contributed by atoms with Gasteiger partial charge < -0.3 is 15.2 Å². The zero-order valence-corrected chi connectivity index (χ0v) is 11.4. The van der Waals surface area contributed by atoms with Gasteiger partial charge in [-0.1, -0.05) is 30.3 Å². The molecule has 0 heterocycles. The molecule has 110 valence electrons. The quantitative estimate of drug-likeness (QED) is 0.743. The molecule has 7 nitrogen and oxygen atoms in total. The van der Waals surface area contributed by atoms with E-state index >= 15 is 0 Å². The first-order valence-electron chi connectivity index (χ1n) is 5.94. The average Bonchev–Trinajstić information content (AvgIpc) is 2.45. The molecule has 1 atom stereocenters. The van der Waals surface area contributed by atoms with Crippen molar-refractivity contribution < 1.29 is 23.9 Å². The molecule has 0 aliphatic heterocycles. The normalized spacial score (nSPS) is 11.7. The lowest BCUT2D eigenvalue weighted by Crippen LogP contribution is -2.42. The van der Waals surface area contributed by atoms with E-state index in [1.807, 2.05) is 30.3 Å². The van der Waals surface area contributed by atoms with Crippen molar-refractivity contribution in [3.8, 4) is 0 Å². The second-order valence-electron chi connectivity index (χ2n) is 3.94. The van der Waals surface area contributed by atoms with E-state index in [4.69, 9.17) is 20.0 Å². The van der Waals surface area contributed by atoms with Crippen molar-refractivity contribution in [2.45, 2.75) is 12.7 Å². The summed E-state index contributed by atoms with van der Waals surface area (Å²) in [5.41, 5.74) is 5.87. The van der Waals surface area contributed by atoms with Gasteiger partial charge in [0.15, 0.2) is 0 Å². The lowest BCUT2D eigenvalue weighted by molar-refractivity contribution is -0.180. The third-order valence-electron chi connectivity index (χ3n) is 2.50. The molecule has 0 fully saturated rings. The summed E-state index contributed by atoms with van der Waals surface area (Å²) >= 11 is 0. The highest BCUT2D eigenvalue weighted by atomic mass is 16.7. The summed E-state index contributed by atoms with van der Waals surface area (Å²) in [6.45, 7) is 0.188. The topological polar surface area (TPSA) is 91.1 Å². The fraction of sp³-hybridized carbons (Fsp3) is 0.385. The van der Waals surface area contributed by atoms with E-state index in [1.54, 1.807) is 0 Å². The van der Waals surface area contributed by atoms with Gasteiger partial charge in [-0.15, -0.1) is 0 Å². The summed E-state index contributed by atoms with van der Waals surface area (Å²) in [6.07, 6.45) is -2.18. The second-order valence-corrected chi connectivity index (χ2v) is 3.94. The van der Waals surface area contributed by atoms with Crippen molar-refractivity contribution >= 4 is 12.0 Å². The fourth-order valence-corrected chi connectivity index (χ4v) is 1.45. The van der Waals surface area contributed by atoms with Crippen LogP contribution >= 0.6 is 0 Å². The Morgan fingerprint density at radius 2 is 1.95 bits per heavy atom. The minimum absolute atomic E-state index is 0.107. The SMILES string of the molecule is CON(C)C(=O)[C@@H](COCc1ccccc1)OC(N)=O. The molecular weight excluding hydrogens is 264 g/mol. The van der Waals surface area contributed by atoms with Crippen molar-refractivity contribution in [3.63, 3.8) is 0 Å². The number of hydrogen-bond donors (Lipinski definition) is 1. The molecule has 0 unspecified atom stereocenters. The molecule has 20 heavy (non-hydrogen) atoms. The Morgan fingerprint density at radius 3 is 2.50 bits per heavy atom. The number of hydrogen-bond acceptors (Lipinski definition) is 5. The van der Waals surface area contributed by atoms with Gasteiger partial charge in [0.25, 0.3) is 5.91 Å². The highest BCUT2D eigenvalue weighted by molar-refractivity contribution is 5.82. The number of nitrogens with zero attached hydrogens (tertiary/aromatic N) is 1. The maximum atomic E-state index is 11.8. The summed E-state index contributed by atoms with van der Waals surface area (Å²) in [6, 6.07) is 9.40. The zero-order valence-electron chi connectivity index (χ0n) is 11.4. The molecule has 1 rings (SSSR count). The van der Waals surface area contributed by atoms with Gasteiger partial charge in [0.1, 0.15) is 0 Å². The van der Waals surface area contributed by atoms with Crippen molar-refractivity contribution in [2.75, 3.05) is 20.8 Å². The predicted octanol–water partition coefficient (Wildman–Crippen LogP) is 0.687. The van der Waals surface area contributed by atoms with Gasteiger partial charge in [0.05, 0.1) is 20.3 Å². The van der Waals surface area contributed by atoms with Gasteiger partial charge in [0.2, 0.25) is 6.10 Å². The van der Waals surface area contributed by atoms with E-state index in [1.165, 1.54) is 14.2 Å². The molecule has 0 aliphatic carbocycles. The van der Waals surface area contributed by atoms with E-state index in [2.05, 4.69) is 0 Å². The van der Waals surface area contributed by atoms with Crippen LogP contribution in [-0.4, -0.2) is 43.9 Å². The van der Waals surface area contributed by atoms with Crippen LogP contribution < -0.4 is 5.73 Å². The summed E-state index contributed by atoms with van der Waals surface area (Å²) in [5, 5.41) is 0.944. The molecule has 0 radical (unpaired) electrons. The number of rotatable bonds is 7. The molecule has 2 N–H and O–H groups in total. The van der Waals surface area contributed by atoms with Crippen LogP contribution in [-0.2, 0) is 25.7 Å². The third-order valence-corrected chi connectivity index (χ3v) is 2.50. The molecule has 2 amide bonds. The standard InChI is InChI=1S/C13H18N2O5/c1-15(18-2)12(16)11(20-13(14)17)9-19-8-10-6-4-3-5-7-10/h3-7,11H,8-9H2,1-2H3,(H2,14,17)/t11-/m1/s1. The summed E-state index contributed by atoms with van der Waals surface area (Å²) in [4.78, 5) is 27.4. The first-order valence-corrected chi connectivity index (χ1v) is 5.94. The van der Waals surface area contributed by atoms with Crippen LogP contribution in [0, 0.1) is 0 Å². The molecule has 0 spiro atoms. The molecule has 0 aliphatic rings. The van der Waals surface area contributed by atoms with E-state index in [0.29, 0.717) is 6.61 Å². The Balaban J connectivity index is 2.52. The molecule has 0 saturated carbocycles. The van der Waals surface area contributed by atoms with E-state index in [0.717, 1.165) is 10.6 Å². The summed E-state index contributed by atoms with van der Waals surface area (Å²) in [7, 11) is 2.72. The van der Waals surface area contributed by atoms with Crippen molar-refractivity contribution in [1.29, 1.82) is 0 Å². The van der Waals surface area contributed by atoms with Crippen LogP contribution in [0.15, 0.2) is 30.3 Å². The van der Waals surface area contributed by atoms with Crippen LogP contribution in [0.1, 0.15) is 5.56 Å². The number of benzene rings is 1. The highest BCUT2D eigenvalue weighted by Gasteiger charge is 2.26. The molecule has 0 bridgehead atoms. The number of carbonyl (C=O) groups excluding carboxylic acids is 2. The van der Waals surface area contributed by atoms with Crippen molar-refractivity contribution in [2.24, 2.45) is 5.73 Å². The molecule has 1 aromatic carbocycles. The fourth-order valence-electron chi connectivity index (χ4n) is 1.45. The van der Waals surface area contributed by atoms with Crippen LogP contribution in [0.4, 0.5) is 4.79 Å². The number of nitrogens with two attached hydrogens (primary N) is 1. The van der Waals surface area contributed by atoms with Crippen molar-refractivity contribution in [1.82, 2.24) is 5.06 Å². The Morgan fingerprint density at radius 1 is 1.30 bits per heavy atom. The van der Waals surface area contributed by atoms with Crippen LogP contribution in [0.3, 0.4) is 0 Å². The number of carbonyl (C=O) groups is 2. The van der Waals surface area contributed by atoms with Crippen LogP contribution in [0.2, 0.25) is 0 Å². The molecule has 0 saturated heterocycles. The maximum Gasteiger partial charge on any atom is 0.405 e. The Kier molecular flexibility index (Phi) is 6.48. The molecule has 7 heteroatoms. The lowest BCUT2D eigenvalue weighted by atomic mass is 10.2. The first kappa shape index (κ1) is 15.9. The van der Waals surface area contributed by atoms with E-state index in [9.17, 15) is 9.59 Å². The van der Waals surface area contributed by atoms with Gasteiger partial charge in [0, 0.05) is 7.05 Å². The minimum atomic E-state index is -1.14. The van der Waals surface area contributed by atoms with Gasteiger partial charge in [-0.05, 0) is 5.56 Å². The smallest absolute Gasteiger partial charge is 0.405 e. The second kappa shape index (κ2) is 8.13. The van der Waals surface area contributed by atoms with Crippen LogP contribution in [0.5, 0.6) is 0 Å². The molecule has 0 aromatic heterocycles. The number of amides is 2. The lowest BCUT2D eigenvalue weighted by Gasteiger charge is -2.21. The Hall–Kier alpha value is -2.12. The number of primary amides is 1. The van der Waals surface area contributed by atoms with Gasteiger partial charge in [-0.25, -0.2) is 9.86 Å². The Labute approximate surface area is 117 Å². The van der Waals surface area contributed by atoms with Gasteiger partial charge in [-0.2, -0.15) is 0 Å². The van der Waals surface area contributed by atoms with Crippen LogP contribution in [0.25, 0.3) is 0 Å². The monoisotopic (exact) mass is 282 g/mol. The third kappa shape index (κ3) is 5.25. The largest absolute Gasteiger partial charge is 0.434 e. The van der Waals surface area contributed by atoms with Gasteiger partial charge >= 0.3 is 6.09 Å². The number of hydroxylamine groups is 2. The zero-order chi connectivity index (χ0) is 15.0. The number of ether oxygens (including phenoxy) is 2. The Bertz CT molecular complexity index is 438. The number of likely N-dealkylation sites (N-methyl/N-ethyl adjacent to an activating group) is 1. The highest BCUT2D eigenvalue weighted by Crippen LogP contribution is 2.04. The predicted molar refractivity (Wildman–Crippen MR) is 70.3 cm³/mol. The maximum absolute atomic E-state index is 11.8. The minimum Gasteiger partial charge on any atom is -0.434 e. The summed E-state index contributed by atoms with van der Waals surface area (Å²) in [5.74, 6) is -0.556. The van der Waals surface area contributed by atoms with E-state index < -0.39 is 18.1 Å². The molecular formula is C13H18N2O5. The van der Waals surface area contributed by atoms with Crippen molar-refractivity contribution in [3.05, 3.63) is 35.9 Å². The van der Waals surface area contributed by atoms with Gasteiger partial charge in [-0.3, -0.25) is 9.63 Å². The average molecular weight is 282 g/mol. The molecule has 1 aromatic rings.